The van der Waals surface area contributed by atoms with E-state index in [0.717, 1.165) is 24.1 Å². The fourth-order valence-corrected chi connectivity index (χ4v) is 2.69. The van der Waals surface area contributed by atoms with Crippen molar-refractivity contribution >= 4 is 5.91 Å². The first-order valence-electron chi connectivity index (χ1n) is 6.99. The summed E-state index contributed by atoms with van der Waals surface area (Å²) in [6, 6.07) is 7.76. The molecule has 20 heavy (non-hydrogen) atoms. The van der Waals surface area contributed by atoms with Crippen molar-refractivity contribution < 1.29 is 4.79 Å². The average molecular weight is 271 g/mol. The zero-order valence-electron chi connectivity index (χ0n) is 12.6. The first-order valence-corrected chi connectivity index (χ1v) is 6.99. The van der Waals surface area contributed by atoms with Crippen molar-refractivity contribution in [3.8, 4) is 6.07 Å². The molecule has 0 fully saturated rings. The van der Waals surface area contributed by atoms with Gasteiger partial charge in [-0.1, -0.05) is 19.1 Å². The zero-order valence-corrected chi connectivity index (χ0v) is 12.6. The molecule has 0 saturated heterocycles. The topological polar surface area (TPSA) is 47.3 Å². The Labute approximate surface area is 120 Å². The van der Waals surface area contributed by atoms with Crippen LogP contribution < -0.4 is 0 Å². The Morgan fingerprint density at radius 2 is 2.15 bits per heavy atom. The third kappa shape index (κ3) is 2.41. The highest BCUT2D eigenvalue weighted by Gasteiger charge is 2.39. The maximum Gasteiger partial charge on any atom is 0.255 e. The Bertz CT molecular complexity index is 559. The summed E-state index contributed by atoms with van der Waals surface area (Å²) in [7, 11) is 4.01. The summed E-state index contributed by atoms with van der Waals surface area (Å²) in [5.74, 6) is -0.0164. The van der Waals surface area contributed by atoms with E-state index >= 15 is 0 Å². The van der Waals surface area contributed by atoms with Crippen LogP contribution in [0.3, 0.4) is 0 Å². The smallest absolute Gasteiger partial charge is 0.255 e. The molecular weight excluding hydrogens is 250 g/mol. The fourth-order valence-electron chi connectivity index (χ4n) is 2.69. The number of benzene rings is 1. The predicted octanol–water partition coefficient (Wildman–Crippen LogP) is 2.57. The van der Waals surface area contributed by atoms with E-state index in [0.29, 0.717) is 5.56 Å². The van der Waals surface area contributed by atoms with Crippen LogP contribution in [-0.4, -0.2) is 35.8 Å². The summed E-state index contributed by atoms with van der Waals surface area (Å²) in [6.45, 7) is 4.84. The Kier molecular flexibility index (Phi) is 4.10. The van der Waals surface area contributed by atoms with E-state index < -0.39 is 6.04 Å². The van der Waals surface area contributed by atoms with Gasteiger partial charge in [0, 0.05) is 23.7 Å². The number of carbonyl (C=O) groups excluding carboxylic acids is 1. The van der Waals surface area contributed by atoms with E-state index in [4.69, 9.17) is 0 Å². The largest absolute Gasteiger partial charge is 0.316 e. The summed E-state index contributed by atoms with van der Waals surface area (Å²) in [5, 5.41) is 9.46. The molecule has 4 nitrogen and oxygen atoms in total. The molecule has 0 spiro atoms. The number of nitriles is 1. The number of nitrogens with zero attached hydrogens (tertiary/aromatic N) is 3. The van der Waals surface area contributed by atoms with E-state index in [1.165, 1.54) is 0 Å². The highest BCUT2D eigenvalue weighted by molar-refractivity contribution is 6.00. The van der Waals surface area contributed by atoms with Gasteiger partial charge in [0.15, 0.2) is 0 Å². The van der Waals surface area contributed by atoms with Crippen molar-refractivity contribution in [3.63, 3.8) is 0 Å². The van der Waals surface area contributed by atoms with Crippen LogP contribution in [0.2, 0.25) is 0 Å². The zero-order chi connectivity index (χ0) is 14.9. The minimum atomic E-state index is -0.449. The van der Waals surface area contributed by atoms with Crippen LogP contribution in [0.5, 0.6) is 0 Å². The number of fused-ring (bicyclic) bond motifs is 1. The molecule has 0 radical (unpaired) electrons. The molecule has 1 heterocycles. The number of hydrogen-bond acceptors (Lipinski definition) is 3. The second-order valence-electron chi connectivity index (χ2n) is 5.66. The van der Waals surface area contributed by atoms with E-state index in [-0.39, 0.29) is 11.9 Å². The average Bonchev–Trinajstić information content (AvgIpc) is 2.69. The van der Waals surface area contributed by atoms with Crippen LogP contribution in [0.15, 0.2) is 18.2 Å². The molecule has 0 aromatic heterocycles. The highest BCUT2D eigenvalue weighted by Crippen LogP contribution is 2.36. The lowest BCUT2D eigenvalue weighted by Crippen LogP contribution is -2.35. The second kappa shape index (κ2) is 5.64. The monoisotopic (exact) mass is 271 g/mol. The van der Waals surface area contributed by atoms with Crippen molar-refractivity contribution in [3.05, 3.63) is 34.9 Å². The molecule has 1 aromatic rings. The fraction of sp³-hybridized carbons (Fsp3) is 0.500. The van der Waals surface area contributed by atoms with Gasteiger partial charge >= 0.3 is 0 Å². The Balaban J connectivity index is 2.42. The van der Waals surface area contributed by atoms with Gasteiger partial charge in [-0.15, -0.1) is 0 Å². The number of rotatable bonds is 4. The standard InChI is InChI=1S/C16H21N3O/c1-5-11(2)19-15(9-17)14-8-12(10-18(3)4)6-7-13(14)16(19)20/h6-8,11,15H,5,10H2,1-4H3. The number of hydrogen-bond donors (Lipinski definition) is 0. The number of amides is 1. The van der Waals surface area contributed by atoms with Gasteiger partial charge in [0.2, 0.25) is 0 Å². The second-order valence-corrected chi connectivity index (χ2v) is 5.66. The van der Waals surface area contributed by atoms with E-state index in [1.807, 2.05) is 46.1 Å². The van der Waals surface area contributed by atoms with Gasteiger partial charge in [-0.2, -0.15) is 5.26 Å². The molecule has 2 unspecified atom stereocenters. The summed E-state index contributed by atoms with van der Waals surface area (Å²) in [4.78, 5) is 16.3. The minimum absolute atomic E-state index is 0.0164. The molecule has 0 N–H and O–H groups in total. The molecule has 106 valence electrons. The molecule has 2 atom stereocenters. The minimum Gasteiger partial charge on any atom is -0.316 e. The lowest BCUT2D eigenvalue weighted by atomic mass is 10.0. The van der Waals surface area contributed by atoms with Crippen LogP contribution in [0, 0.1) is 11.3 Å². The van der Waals surface area contributed by atoms with Crippen molar-refractivity contribution in [2.24, 2.45) is 0 Å². The van der Waals surface area contributed by atoms with E-state index in [1.54, 1.807) is 4.90 Å². The van der Waals surface area contributed by atoms with Crippen LogP contribution in [0.4, 0.5) is 0 Å². The predicted molar refractivity (Wildman–Crippen MR) is 78.1 cm³/mol. The molecule has 2 rings (SSSR count). The molecule has 0 aliphatic carbocycles. The molecule has 0 saturated carbocycles. The third-order valence-electron chi connectivity index (χ3n) is 3.84. The first-order chi connectivity index (χ1) is 9.49. The first kappa shape index (κ1) is 14.5. The lowest BCUT2D eigenvalue weighted by molar-refractivity contribution is 0.0684. The normalized spacial score (nSPS) is 19.1. The summed E-state index contributed by atoms with van der Waals surface area (Å²) in [5.41, 5.74) is 2.67. The molecule has 0 bridgehead atoms. The van der Waals surface area contributed by atoms with Gasteiger partial charge in [0.05, 0.1) is 6.07 Å². The SMILES string of the molecule is CCC(C)N1C(=O)c2ccc(CN(C)C)cc2C1C#N. The van der Waals surface area contributed by atoms with Gasteiger partial charge < -0.3 is 9.80 Å². The van der Waals surface area contributed by atoms with Crippen LogP contribution in [0.25, 0.3) is 0 Å². The summed E-state index contributed by atoms with van der Waals surface area (Å²) < 4.78 is 0. The van der Waals surface area contributed by atoms with Gasteiger partial charge in [-0.05, 0) is 39.1 Å². The van der Waals surface area contributed by atoms with Gasteiger partial charge in [-0.3, -0.25) is 4.79 Å². The summed E-state index contributed by atoms with van der Waals surface area (Å²) >= 11 is 0. The maximum atomic E-state index is 12.5. The van der Waals surface area contributed by atoms with Crippen LogP contribution >= 0.6 is 0 Å². The summed E-state index contributed by atoms with van der Waals surface area (Å²) in [6.07, 6.45) is 0.850. The van der Waals surface area contributed by atoms with Gasteiger partial charge in [0.1, 0.15) is 6.04 Å². The van der Waals surface area contributed by atoms with Crippen molar-refractivity contribution in [2.75, 3.05) is 14.1 Å². The maximum absolute atomic E-state index is 12.5. The molecule has 1 aromatic carbocycles. The van der Waals surface area contributed by atoms with Crippen molar-refractivity contribution in [1.29, 1.82) is 5.26 Å². The van der Waals surface area contributed by atoms with E-state index in [2.05, 4.69) is 11.0 Å². The van der Waals surface area contributed by atoms with Gasteiger partial charge in [0.25, 0.3) is 5.91 Å². The van der Waals surface area contributed by atoms with Crippen molar-refractivity contribution in [2.45, 2.75) is 38.9 Å². The Hall–Kier alpha value is -1.86. The third-order valence-corrected chi connectivity index (χ3v) is 3.84. The van der Waals surface area contributed by atoms with E-state index in [9.17, 15) is 10.1 Å². The Morgan fingerprint density at radius 3 is 2.70 bits per heavy atom. The molecule has 4 heteroatoms. The Morgan fingerprint density at radius 1 is 1.45 bits per heavy atom. The quantitative estimate of drug-likeness (QED) is 0.845. The highest BCUT2D eigenvalue weighted by atomic mass is 16.2. The van der Waals surface area contributed by atoms with Crippen LogP contribution in [-0.2, 0) is 6.54 Å². The van der Waals surface area contributed by atoms with Crippen molar-refractivity contribution in [1.82, 2.24) is 9.80 Å². The lowest BCUT2D eigenvalue weighted by Gasteiger charge is -2.26. The molecule has 1 aliphatic rings. The van der Waals surface area contributed by atoms with Crippen LogP contribution in [0.1, 0.15) is 47.8 Å². The number of carbonyl (C=O) groups is 1. The van der Waals surface area contributed by atoms with Gasteiger partial charge in [-0.25, -0.2) is 0 Å². The molecular formula is C16H21N3O. The molecule has 1 amide bonds. The molecule has 1 aliphatic heterocycles.